The summed E-state index contributed by atoms with van der Waals surface area (Å²) in [6, 6.07) is 5.82. The Morgan fingerprint density at radius 3 is 3.05 bits per heavy atom. The lowest BCUT2D eigenvalue weighted by molar-refractivity contribution is -0.114. The molecule has 4 nitrogen and oxygen atoms in total. The lowest BCUT2D eigenvalue weighted by atomic mass is 10.0. The minimum Gasteiger partial charge on any atom is -0.386 e. The fourth-order valence-electron chi connectivity index (χ4n) is 1.96. The van der Waals surface area contributed by atoms with Crippen LogP contribution >= 0.6 is 0 Å². The van der Waals surface area contributed by atoms with Crippen molar-refractivity contribution >= 4 is 17.3 Å². The third kappa shape index (κ3) is 2.66. The van der Waals surface area contributed by atoms with Crippen molar-refractivity contribution in [1.29, 1.82) is 0 Å². The first-order valence-corrected chi connectivity index (χ1v) is 5.95. The number of likely N-dealkylation sites (N-methyl/N-ethyl adjacent to an activating group) is 1. The van der Waals surface area contributed by atoms with Crippen LogP contribution in [0.25, 0.3) is 0 Å². The Morgan fingerprint density at radius 1 is 1.58 bits per heavy atom. The summed E-state index contributed by atoms with van der Waals surface area (Å²) in [4.78, 5) is 16.0. The molecule has 1 aromatic rings. The zero-order chi connectivity index (χ0) is 13.8. The van der Waals surface area contributed by atoms with Gasteiger partial charge < -0.3 is 10.6 Å². The molecule has 0 saturated heterocycles. The Labute approximate surface area is 112 Å². The number of aryl methyl sites for hydroxylation is 1. The van der Waals surface area contributed by atoms with E-state index in [4.69, 9.17) is 6.42 Å². The number of anilines is 1. The topological polar surface area (TPSA) is 53.5 Å². The molecule has 0 atom stereocenters. The van der Waals surface area contributed by atoms with E-state index in [1.165, 1.54) is 0 Å². The Morgan fingerprint density at radius 2 is 2.37 bits per heavy atom. The molecule has 1 heterocycles. The fourth-order valence-corrected chi connectivity index (χ4v) is 1.96. The van der Waals surface area contributed by atoms with Crippen molar-refractivity contribution in [2.45, 2.75) is 6.92 Å². The van der Waals surface area contributed by atoms with Crippen LogP contribution in [0.2, 0.25) is 0 Å². The van der Waals surface area contributed by atoms with Gasteiger partial charge in [0.15, 0.2) is 0 Å². The zero-order valence-corrected chi connectivity index (χ0v) is 10.9. The largest absolute Gasteiger partial charge is 0.386 e. The summed E-state index contributed by atoms with van der Waals surface area (Å²) in [5.41, 5.74) is 4.16. The number of carbonyl (C=O) groups excluding carboxylic acids is 1. The van der Waals surface area contributed by atoms with Crippen molar-refractivity contribution in [3.05, 3.63) is 41.1 Å². The minimum atomic E-state index is -0.128. The maximum Gasteiger partial charge on any atom is 0.246 e. The average Bonchev–Trinajstić information content (AvgIpc) is 2.55. The highest BCUT2D eigenvalue weighted by Crippen LogP contribution is 2.22. The average molecular weight is 253 g/mol. The van der Waals surface area contributed by atoms with Gasteiger partial charge in [-0.1, -0.05) is 17.6 Å². The lowest BCUT2D eigenvalue weighted by Crippen LogP contribution is -2.18. The summed E-state index contributed by atoms with van der Waals surface area (Å²) < 4.78 is 0. The molecule has 0 spiro atoms. The number of nitrogens with zero attached hydrogens (tertiary/aromatic N) is 1. The van der Waals surface area contributed by atoms with Crippen LogP contribution in [-0.4, -0.2) is 25.2 Å². The van der Waals surface area contributed by atoms with Gasteiger partial charge in [0.1, 0.15) is 6.54 Å². The summed E-state index contributed by atoms with van der Waals surface area (Å²) in [7, 11) is 1.78. The smallest absolute Gasteiger partial charge is 0.246 e. The van der Waals surface area contributed by atoms with Crippen molar-refractivity contribution in [3.8, 4) is 12.3 Å². The van der Waals surface area contributed by atoms with Gasteiger partial charge in [0.05, 0.1) is 17.1 Å². The van der Waals surface area contributed by atoms with Crippen LogP contribution in [0.1, 0.15) is 11.1 Å². The second-order valence-electron chi connectivity index (χ2n) is 4.24. The second kappa shape index (κ2) is 5.40. The third-order valence-electron chi connectivity index (χ3n) is 2.84. The minimum absolute atomic E-state index is 0.0899. The van der Waals surface area contributed by atoms with E-state index in [1.807, 2.05) is 25.1 Å². The Kier molecular flexibility index (Phi) is 3.67. The number of carbonyl (C=O) groups is 1. The van der Waals surface area contributed by atoms with E-state index in [9.17, 15) is 4.79 Å². The Hall–Kier alpha value is -2.54. The molecule has 96 valence electrons. The summed E-state index contributed by atoms with van der Waals surface area (Å²) in [6.45, 7) is 2.08. The van der Waals surface area contributed by atoms with Gasteiger partial charge in [0.25, 0.3) is 0 Å². The molecular formula is C15H15N3O. The zero-order valence-electron chi connectivity index (χ0n) is 10.9. The molecule has 1 aliphatic rings. The molecule has 0 aliphatic carbocycles. The van der Waals surface area contributed by atoms with Gasteiger partial charge in [0.2, 0.25) is 5.91 Å². The number of benzodiazepines with no additional fused rings is 1. The summed E-state index contributed by atoms with van der Waals surface area (Å²) in [5, 5.41) is 5.86. The van der Waals surface area contributed by atoms with E-state index in [0.29, 0.717) is 5.71 Å². The molecule has 19 heavy (non-hydrogen) atoms. The van der Waals surface area contributed by atoms with Crippen LogP contribution in [0, 0.1) is 19.3 Å². The second-order valence-corrected chi connectivity index (χ2v) is 4.24. The van der Waals surface area contributed by atoms with Crippen LogP contribution < -0.4 is 10.6 Å². The molecule has 1 aliphatic heterocycles. The van der Waals surface area contributed by atoms with Gasteiger partial charge in [-0.2, -0.15) is 0 Å². The number of rotatable bonds is 2. The number of allylic oxidation sites excluding steroid dienone is 2. The number of terminal acetylenes is 1. The molecule has 0 saturated carbocycles. The molecule has 0 aromatic heterocycles. The van der Waals surface area contributed by atoms with Crippen molar-refractivity contribution in [2.24, 2.45) is 4.99 Å². The normalized spacial score (nSPS) is 14.7. The molecule has 0 radical (unpaired) electrons. The van der Waals surface area contributed by atoms with Crippen LogP contribution in [0.4, 0.5) is 5.69 Å². The number of fused-ring (bicyclic) bond motifs is 1. The number of nitrogens with one attached hydrogen (secondary N) is 2. The molecule has 0 bridgehead atoms. The number of aliphatic imine (C=N–C) groups is 1. The van der Waals surface area contributed by atoms with Gasteiger partial charge in [0, 0.05) is 18.7 Å². The number of benzene rings is 1. The highest BCUT2D eigenvalue weighted by molar-refractivity contribution is 6.18. The molecular weight excluding hydrogens is 238 g/mol. The molecule has 2 N–H and O–H groups in total. The van der Waals surface area contributed by atoms with Crippen LogP contribution in [0.5, 0.6) is 0 Å². The van der Waals surface area contributed by atoms with Crippen molar-refractivity contribution < 1.29 is 4.79 Å². The predicted octanol–water partition coefficient (Wildman–Crippen LogP) is 1.47. The highest BCUT2D eigenvalue weighted by Gasteiger charge is 2.18. The van der Waals surface area contributed by atoms with Crippen molar-refractivity contribution in [3.63, 3.8) is 0 Å². The number of hydrogen-bond donors (Lipinski definition) is 2. The highest BCUT2D eigenvalue weighted by atomic mass is 16.1. The van der Waals surface area contributed by atoms with Crippen molar-refractivity contribution in [2.75, 3.05) is 18.9 Å². The van der Waals surface area contributed by atoms with Crippen molar-refractivity contribution in [1.82, 2.24) is 5.32 Å². The number of hydrogen-bond acceptors (Lipinski definition) is 3. The molecule has 1 aromatic carbocycles. The van der Waals surface area contributed by atoms with Crippen LogP contribution in [0.15, 0.2) is 35.0 Å². The van der Waals surface area contributed by atoms with E-state index in [-0.39, 0.29) is 12.5 Å². The monoisotopic (exact) mass is 253 g/mol. The van der Waals surface area contributed by atoms with Crippen LogP contribution in [0.3, 0.4) is 0 Å². The van der Waals surface area contributed by atoms with E-state index in [2.05, 4.69) is 21.5 Å². The van der Waals surface area contributed by atoms with Gasteiger partial charge in [-0.25, -0.2) is 0 Å². The molecule has 4 heteroatoms. The first-order valence-electron chi connectivity index (χ1n) is 5.95. The van der Waals surface area contributed by atoms with Gasteiger partial charge in [-0.05, 0) is 19.1 Å². The molecule has 0 fully saturated rings. The Balaban J connectivity index is 2.61. The molecule has 1 amide bonds. The van der Waals surface area contributed by atoms with Gasteiger partial charge in [-0.3, -0.25) is 9.79 Å². The van der Waals surface area contributed by atoms with Gasteiger partial charge >= 0.3 is 0 Å². The van der Waals surface area contributed by atoms with E-state index in [0.717, 1.165) is 22.5 Å². The molecule has 2 rings (SSSR count). The third-order valence-corrected chi connectivity index (χ3v) is 2.84. The predicted molar refractivity (Wildman–Crippen MR) is 77.2 cm³/mol. The SMILES string of the molecule is C#C/C=C(\NC)C1=NCC(=O)Nc2ccc(C)cc21. The number of amides is 1. The first kappa shape index (κ1) is 12.9. The fraction of sp³-hybridized carbons (Fsp3) is 0.200. The maximum atomic E-state index is 11.6. The Bertz CT molecular complexity index is 621. The van der Waals surface area contributed by atoms with E-state index >= 15 is 0 Å². The standard InChI is InChI=1S/C15H15N3O/c1-4-5-13(16-3)15-11-8-10(2)6-7-12(11)18-14(19)9-17-15/h1,5-8,16H,9H2,2-3H3,(H,18,19)/b13-5-. The quantitative estimate of drug-likeness (QED) is 0.784. The first-order chi connectivity index (χ1) is 9.15. The molecule has 0 unspecified atom stereocenters. The van der Waals surface area contributed by atoms with Crippen LogP contribution in [-0.2, 0) is 4.79 Å². The van der Waals surface area contributed by atoms with E-state index < -0.39 is 0 Å². The summed E-state index contributed by atoms with van der Waals surface area (Å²) in [6.07, 6.45) is 6.94. The van der Waals surface area contributed by atoms with E-state index in [1.54, 1.807) is 13.1 Å². The summed E-state index contributed by atoms with van der Waals surface area (Å²) in [5.74, 6) is 2.35. The summed E-state index contributed by atoms with van der Waals surface area (Å²) >= 11 is 0. The van der Waals surface area contributed by atoms with Gasteiger partial charge in [-0.15, -0.1) is 6.42 Å². The maximum absolute atomic E-state index is 11.6. The lowest BCUT2D eigenvalue weighted by Gasteiger charge is -2.12.